The highest BCUT2D eigenvalue weighted by atomic mass is 16.5. The molecule has 0 radical (unpaired) electrons. The molecule has 11 heteroatoms. The minimum atomic E-state index is -0.177. The molecular weight excluding hydrogens is 460 g/mol. The van der Waals surface area contributed by atoms with Gasteiger partial charge in [-0.15, -0.1) is 0 Å². The first kappa shape index (κ1) is 23.2. The van der Waals surface area contributed by atoms with Crippen molar-refractivity contribution >= 4 is 40.4 Å². The molecule has 0 saturated carbocycles. The van der Waals surface area contributed by atoms with E-state index in [0.29, 0.717) is 58.7 Å². The van der Waals surface area contributed by atoms with Gasteiger partial charge in [0.2, 0.25) is 5.95 Å². The third-order valence-corrected chi connectivity index (χ3v) is 6.14. The van der Waals surface area contributed by atoms with Crippen LogP contribution in [0.15, 0.2) is 42.7 Å². The molecule has 4 heterocycles. The summed E-state index contributed by atoms with van der Waals surface area (Å²) in [6, 6.07) is 10.3. The summed E-state index contributed by atoms with van der Waals surface area (Å²) in [5.41, 5.74) is 3.06. The van der Waals surface area contributed by atoms with Crippen molar-refractivity contribution in [3.05, 3.63) is 59.5 Å². The third-order valence-electron chi connectivity index (χ3n) is 6.14. The Morgan fingerprint density at radius 1 is 1.08 bits per heavy atom. The van der Waals surface area contributed by atoms with Crippen molar-refractivity contribution in [1.29, 1.82) is 0 Å². The molecule has 184 valence electrons. The number of nitrogens with one attached hydrogen (secondary N) is 3. The van der Waals surface area contributed by atoms with Crippen molar-refractivity contribution in [3.8, 4) is 5.75 Å². The second-order valence-electron chi connectivity index (χ2n) is 8.62. The number of ether oxygens (including phenoxy) is 1. The lowest BCUT2D eigenvalue weighted by Gasteiger charge is -2.18. The van der Waals surface area contributed by atoms with E-state index in [4.69, 9.17) is 9.72 Å². The molecule has 0 aliphatic carbocycles. The Balaban J connectivity index is 1.31. The number of imidazole rings is 1. The van der Waals surface area contributed by atoms with Crippen LogP contribution < -0.4 is 20.3 Å². The molecule has 11 nitrogen and oxygen atoms in total. The van der Waals surface area contributed by atoms with Gasteiger partial charge in [-0.1, -0.05) is 12.1 Å². The van der Waals surface area contributed by atoms with E-state index in [1.807, 2.05) is 24.0 Å². The van der Waals surface area contributed by atoms with Crippen molar-refractivity contribution in [2.75, 3.05) is 30.4 Å². The molecular formula is C25H26N8O3. The van der Waals surface area contributed by atoms with Crippen molar-refractivity contribution in [1.82, 2.24) is 30.2 Å². The Morgan fingerprint density at radius 3 is 2.58 bits per heavy atom. The molecule has 1 atom stereocenters. The summed E-state index contributed by atoms with van der Waals surface area (Å²) in [6.07, 6.45) is 2.33. The van der Waals surface area contributed by atoms with E-state index in [0.717, 1.165) is 12.1 Å². The number of anilines is 3. The Labute approximate surface area is 207 Å². The van der Waals surface area contributed by atoms with Crippen LogP contribution in [0.1, 0.15) is 39.8 Å². The first-order valence-electron chi connectivity index (χ1n) is 11.6. The van der Waals surface area contributed by atoms with Gasteiger partial charge < -0.3 is 25.3 Å². The van der Waals surface area contributed by atoms with Gasteiger partial charge in [-0.2, -0.15) is 9.97 Å². The molecule has 5 rings (SSSR count). The summed E-state index contributed by atoms with van der Waals surface area (Å²) in [5.74, 6) is 2.19. The first-order chi connectivity index (χ1) is 17.4. The van der Waals surface area contributed by atoms with Gasteiger partial charge in [0.15, 0.2) is 17.2 Å². The van der Waals surface area contributed by atoms with Gasteiger partial charge in [-0.05, 0) is 44.5 Å². The van der Waals surface area contributed by atoms with Gasteiger partial charge in [0.05, 0.1) is 19.1 Å². The zero-order valence-electron chi connectivity index (χ0n) is 20.2. The fourth-order valence-electron chi connectivity index (χ4n) is 4.19. The number of aryl methyl sites for hydroxylation is 1. The van der Waals surface area contributed by atoms with Crippen molar-refractivity contribution in [2.45, 2.75) is 26.3 Å². The number of benzene rings is 1. The van der Waals surface area contributed by atoms with E-state index in [1.165, 1.54) is 6.92 Å². The van der Waals surface area contributed by atoms with Gasteiger partial charge in [0, 0.05) is 30.3 Å². The molecule has 1 aromatic carbocycles. The highest BCUT2D eigenvalue weighted by Crippen LogP contribution is 2.27. The molecule has 1 aliphatic heterocycles. The van der Waals surface area contributed by atoms with Crippen LogP contribution in [0, 0.1) is 6.92 Å². The van der Waals surface area contributed by atoms with Gasteiger partial charge in [0.25, 0.3) is 5.91 Å². The summed E-state index contributed by atoms with van der Waals surface area (Å²) < 4.78 is 5.29. The minimum absolute atomic E-state index is 0.0333. The van der Waals surface area contributed by atoms with Crippen LogP contribution >= 0.6 is 0 Å². The Bertz CT molecular complexity index is 1430. The van der Waals surface area contributed by atoms with Gasteiger partial charge in [-0.3, -0.25) is 9.59 Å². The van der Waals surface area contributed by atoms with E-state index in [9.17, 15) is 9.59 Å². The van der Waals surface area contributed by atoms with Gasteiger partial charge in [-0.25, -0.2) is 9.97 Å². The lowest BCUT2D eigenvalue weighted by atomic mass is 10.1. The minimum Gasteiger partial charge on any atom is -0.495 e. The standard InChI is InChI=1S/C25H26N8O3/c1-14-19(36-3)8-9-20(28-14)30-23-21-22(27-13-26-21)31-25(32-23)33-11-10-18(12-33)29-24(35)17-6-4-16(5-7-17)15(2)34/h4-9,13,18H,10-12H2,1-3H3,(H,29,35)(H2,26,27,28,30,31,32). The number of nitrogens with zero attached hydrogens (tertiary/aromatic N) is 5. The summed E-state index contributed by atoms with van der Waals surface area (Å²) >= 11 is 0. The highest BCUT2D eigenvalue weighted by Gasteiger charge is 2.27. The monoisotopic (exact) mass is 486 g/mol. The molecule has 1 aliphatic rings. The number of amides is 1. The number of Topliss-reactive ketones (excluding diaryl/α,β-unsaturated/α-hetero) is 1. The lowest BCUT2D eigenvalue weighted by molar-refractivity contribution is 0.0938. The predicted molar refractivity (Wildman–Crippen MR) is 135 cm³/mol. The number of hydrogen-bond acceptors (Lipinski definition) is 9. The quantitative estimate of drug-likeness (QED) is 0.337. The molecule has 1 saturated heterocycles. The molecule has 0 spiro atoms. The number of aromatic nitrogens is 5. The highest BCUT2D eigenvalue weighted by molar-refractivity contribution is 5.97. The van der Waals surface area contributed by atoms with Gasteiger partial charge >= 0.3 is 0 Å². The number of carbonyl (C=O) groups is 2. The zero-order valence-corrected chi connectivity index (χ0v) is 20.2. The Kier molecular flexibility index (Phi) is 6.19. The smallest absolute Gasteiger partial charge is 0.251 e. The summed E-state index contributed by atoms with van der Waals surface area (Å²) in [7, 11) is 1.61. The summed E-state index contributed by atoms with van der Waals surface area (Å²) in [6.45, 7) is 4.62. The van der Waals surface area contributed by atoms with Crippen LogP contribution in [0.2, 0.25) is 0 Å². The number of hydrogen-bond donors (Lipinski definition) is 3. The third kappa shape index (κ3) is 4.67. The largest absolute Gasteiger partial charge is 0.495 e. The van der Waals surface area contributed by atoms with Crippen LogP contribution in [0.4, 0.5) is 17.6 Å². The second-order valence-corrected chi connectivity index (χ2v) is 8.62. The van der Waals surface area contributed by atoms with Crippen LogP contribution in [-0.2, 0) is 0 Å². The number of H-pyrrole nitrogens is 1. The molecule has 1 fully saturated rings. The van der Waals surface area contributed by atoms with Crippen LogP contribution in [-0.4, -0.2) is 62.9 Å². The molecule has 1 amide bonds. The molecule has 0 bridgehead atoms. The Morgan fingerprint density at radius 2 is 1.86 bits per heavy atom. The first-order valence-corrected chi connectivity index (χ1v) is 11.6. The summed E-state index contributed by atoms with van der Waals surface area (Å²) in [5, 5.41) is 6.32. The number of fused-ring (bicyclic) bond motifs is 1. The Hall–Kier alpha value is -4.54. The van der Waals surface area contributed by atoms with Crippen LogP contribution in [0.3, 0.4) is 0 Å². The molecule has 3 N–H and O–H groups in total. The number of ketones is 1. The predicted octanol–water partition coefficient (Wildman–Crippen LogP) is 3.02. The van der Waals surface area contributed by atoms with E-state index in [1.54, 1.807) is 37.7 Å². The van der Waals surface area contributed by atoms with Crippen LogP contribution in [0.25, 0.3) is 11.2 Å². The number of aromatic amines is 1. The van der Waals surface area contributed by atoms with E-state index < -0.39 is 0 Å². The van der Waals surface area contributed by atoms with Gasteiger partial charge in [0.1, 0.15) is 17.1 Å². The SMILES string of the molecule is COc1ccc(Nc2nc(N3CCC(NC(=O)c4ccc(C(C)=O)cc4)C3)nc3nc[nH]c23)nc1C. The van der Waals surface area contributed by atoms with Crippen molar-refractivity contribution < 1.29 is 14.3 Å². The van der Waals surface area contributed by atoms with Crippen molar-refractivity contribution in [2.24, 2.45) is 0 Å². The maximum Gasteiger partial charge on any atom is 0.251 e. The number of methoxy groups -OCH3 is 1. The average molecular weight is 487 g/mol. The van der Waals surface area contributed by atoms with E-state index >= 15 is 0 Å². The fourth-order valence-corrected chi connectivity index (χ4v) is 4.19. The molecule has 36 heavy (non-hydrogen) atoms. The topological polar surface area (TPSA) is 138 Å². The number of carbonyl (C=O) groups excluding carboxylic acids is 2. The maximum absolute atomic E-state index is 12.7. The molecule has 1 unspecified atom stereocenters. The zero-order chi connectivity index (χ0) is 25.2. The van der Waals surface area contributed by atoms with E-state index in [-0.39, 0.29) is 17.7 Å². The lowest BCUT2D eigenvalue weighted by Crippen LogP contribution is -2.37. The fraction of sp³-hybridized carbons (Fsp3) is 0.280. The van der Waals surface area contributed by atoms with E-state index in [2.05, 4.69) is 30.6 Å². The molecule has 3 aromatic heterocycles. The second kappa shape index (κ2) is 9.61. The maximum atomic E-state index is 12.7. The van der Waals surface area contributed by atoms with Crippen molar-refractivity contribution in [3.63, 3.8) is 0 Å². The normalized spacial score (nSPS) is 15.2. The number of pyridine rings is 1. The average Bonchev–Trinajstić information content (AvgIpc) is 3.54. The number of rotatable bonds is 7. The molecule has 4 aromatic rings. The summed E-state index contributed by atoms with van der Waals surface area (Å²) in [4.78, 5) is 47.5. The van der Waals surface area contributed by atoms with Crippen LogP contribution in [0.5, 0.6) is 5.75 Å².